The third kappa shape index (κ3) is 3.03. The van der Waals surface area contributed by atoms with Crippen molar-refractivity contribution in [3.63, 3.8) is 0 Å². The Balaban J connectivity index is 1.59. The van der Waals surface area contributed by atoms with Crippen molar-refractivity contribution in [2.45, 2.75) is 81.9 Å². The number of methoxy groups -OCH3 is 1. The number of aliphatic hydroxyl groups excluding tert-OH is 2. The fourth-order valence-corrected chi connectivity index (χ4v) is 4.49. The lowest BCUT2D eigenvalue weighted by Gasteiger charge is -2.47. The largest absolute Gasteiger partial charge is 0.393 e. The molecule has 2 saturated carbocycles. The van der Waals surface area contributed by atoms with E-state index >= 15 is 0 Å². The van der Waals surface area contributed by atoms with Crippen LogP contribution in [0.25, 0.3) is 0 Å². The molecule has 0 bridgehead atoms. The molecular weight excluding hydrogens is 256 g/mol. The molecule has 0 aromatic rings. The van der Waals surface area contributed by atoms with Crippen molar-refractivity contribution in [1.82, 2.24) is 0 Å². The van der Waals surface area contributed by atoms with Crippen molar-refractivity contribution < 1.29 is 19.7 Å². The van der Waals surface area contributed by atoms with E-state index in [9.17, 15) is 10.2 Å². The van der Waals surface area contributed by atoms with Crippen LogP contribution in [0.2, 0.25) is 0 Å². The van der Waals surface area contributed by atoms with Crippen molar-refractivity contribution >= 4 is 0 Å². The van der Waals surface area contributed by atoms with Crippen molar-refractivity contribution in [1.29, 1.82) is 0 Å². The zero-order valence-electron chi connectivity index (χ0n) is 12.4. The monoisotopic (exact) mass is 284 g/mol. The second-order valence-corrected chi connectivity index (χ2v) is 6.92. The third-order valence-corrected chi connectivity index (χ3v) is 5.67. The summed E-state index contributed by atoms with van der Waals surface area (Å²) in [6.45, 7) is 0. The van der Waals surface area contributed by atoms with E-state index in [4.69, 9.17) is 9.47 Å². The topological polar surface area (TPSA) is 58.9 Å². The first-order valence-electron chi connectivity index (χ1n) is 8.21. The first-order chi connectivity index (χ1) is 9.67. The highest BCUT2D eigenvalue weighted by Crippen LogP contribution is 2.41. The maximum absolute atomic E-state index is 9.99. The molecule has 2 N–H and O–H groups in total. The Morgan fingerprint density at radius 1 is 0.850 bits per heavy atom. The quantitative estimate of drug-likeness (QED) is 0.813. The summed E-state index contributed by atoms with van der Waals surface area (Å²) < 4.78 is 11.9. The number of fused-ring (bicyclic) bond motifs is 1. The summed E-state index contributed by atoms with van der Waals surface area (Å²) in [7, 11) is 1.74. The van der Waals surface area contributed by atoms with Crippen LogP contribution in [0.5, 0.6) is 0 Å². The van der Waals surface area contributed by atoms with Crippen LogP contribution >= 0.6 is 0 Å². The van der Waals surface area contributed by atoms with Gasteiger partial charge in [-0.25, -0.2) is 0 Å². The van der Waals surface area contributed by atoms with Gasteiger partial charge >= 0.3 is 0 Å². The first kappa shape index (κ1) is 14.8. The number of rotatable bonds is 2. The Morgan fingerprint density at radius 2 is 1.60 bits per heavy atom. The molecule has 2 aliphatic carbocycles. The second kappa shape index (κ2) is 6.30. The van der Waals surface area contributed by atoms with Crippen LogP contribution in [-0.4, -0.2) is 47.8 Å². The van der Waals surface area contributed by atoms with Gasteiger partial charge in [0, 0.05) is 13.0 Å². The lowest BCUT2D eigenvalue weighted by atomic mass is 9.74. The standard InChI is InChI=1S/C16H28O4/c1-19-15-8-12(18)9-16-13(15)6-7-14(20-16)10-2-4-11(17)5-3-10/h10-18H,2-9H2,1H3. The minimum absolute atomic E-state index is 0.100. The van der Waals surface area contributed by atoms with Crippen LogP contribution in [0, 0.1) is 11.8 Å². The molecule has 1 saturated heterocycles. The number of hydrogen-bond acceptors (Lipinski definition) is 4. The number of hydrogen-bond donors (Lipinski definition) is 2. The van der Waals surface area contributed by atoms with Crippen molar-refractivity contribution in [3.8, 4) is 0 Å². The summed E-state index contributed by atoms with van der Waals surface area (Å²) in [5.74, 6) is 1.05. The molecule has 0 aromatic carbocycles. The van der Waals surface area contributed by atoms with Gasteiger partial charge in [-0.15, -0.1) is 0 Å². The van der Waals surface area contributed by atoms with Crippen LogP contribution in [0.4, 0.5) is 0 Å². The Bertz CT molecular complexity index is 314. The highest BCUT2D eigenvalue weighted by Gasteiger charge is 2.43. The molecule has 4 nitrogen and oxygen atoms in total. The van der Waals surface area contributed by atoms with Gasteiger partial charge in [-0.1, -0.05) is 0 Å². The van der Waals surface area contributed by atoms with E-state index in [2.05, 4.69) is 0 Å². The summed E-state index contributed by atoms with van der Waals surface area (Å²) in [6.07, 6.45) is 8.03. The molecule has 0 aromatic heterocycles. The summed E-state index contributed by atoms with van der Waals surface area (Å²) >= 11 is 0. The van der Waals surface area contributed by atoms with Crippen LogP contribution in [-0.2, 0) is 9.47 Å². The van der Waals surface area contributed by atoms with Crippen molar-refractivity contribution in [2.75, 3.05) is 7.11 Å². The highest BCUT2D eigenvalue weighted by atomic mass is 16.5. The van der Waals surface area contributed by atoms with Gasteiger partial charge in [0.15, 0.2) is 0 Å². The van der Waals surface area contributed by atoms with Crippen LogP contribution in [0.15, 0.2) is 0 Å². The third-order valence-electron chi connectivity index (χ3n) is 5.67. The Hall–Kier alpha value is -0.160. The van der Waals surface area contributed by atoms with Gasteiger partial charge in [0.2, 0.25) is 0 Å². The molecular formula is C16H28O4. The maximum atomic E-state index is 9.99. The maximum Gasteiger partial charge on any atom is 0.0656 e. The SMILES string of the molecule is COC1CC(O)CC2OC(C3CCC(O)CC3)CCC12. The predicted octanol–water partition coefficient (Wildman–Crippen LogP) is 1.87. The summed E-state index contributed by atoms with van der Waals surface area (Å²) in [4.78, 5) is 0. The molecule has 0 radical (unpaired) electrons. The molecule has 0 amide bonds. The summed E-state index contributed by atoms with van der Waals surface area (Å²) in [5.41, 5.74) is 0. The zero-order valence-corrected chi connectivity index (χ0v) is 12.4. The van der Waals surface area contributed by atoms with Gasteiger partial charge in [0.1, 0.15) is 0 Å². The minimum Gasteiger partial charge on any atom is -0.393 e. The van der Waals surface area contributed by atoms with E-state index in [1.165, 1.54) is 0 Å². The van der Waals surface area contributed by atoms with E-state index in [-0.39, 0.29) is 24.4 Å². The number of aliphatic hydroxyl groups is 2. The van der Waals surface area contributed by atoms with Crippen LogP contribution in [0.3, 0.4) is 0 Å². The molecule has 5 atom stereocenters. The average molecular weight is 284 g/mol. The minimum atomic E-state index is -0.284. The first-order valence-corrected chi connectivity index (χ1v) is 8.21. The van der Waals surface area contributed by atoms with Gasteiger partial charge < -0.3 is 19.7 Å². The van der Waals surface area contributed by atoms with Gasteiger partial charge in [-0.05, 0) is 57.3 Å². The molecule has 3 aliphatic rings. The van der Waals surface area contributed by atoms with Gasteiger partial charge in [-0.2, -0.15) is 0 Å². The molecule has 3 fully saturated rings. The normalized spacial score (nSPS) is 49.6. The predicted molar refractivity (Wildman–Crippen MR) is 75.4 cm³/mol. The van der Waals surface area contributed by atoms with Crippen LogP contribution in [0.1, 0.15) is 51.4 Å². The summed E-state index contributed by atoms with van der Waals surface area (Å²) in [6, 6.07) is 0. The van der Waals surface area contributed by atoms with Crippen molar-refractivity contribution in [3.05, 3.63) is 0 Å². The van der Waals surface area contributed by atoms with E-state index in [1.54, 1.807) is 7.11 Å². The van der Waals surface area contributed by atoms with Gasteiger partial charge in [-0.3, -0.25) is 0 Å². The molecule has 1 heterocycles. The fourth-order valence-electron chi connectivity index (χ4n) is 4.49. The fraction of sp³-hybridized carbons (Fsp3) is 1.00. The van der Waals surface area contributed by atoms with Crippen molar-refractivity contribution in [2.24, 2.45) is 11.8 Å². The van der Waals surface area contributed by atoms with E-state index in [0.717, 1.165) is 51.4 Å². The smallest absolute Gasteiger partial charge is 0.0656 e. The van der Waals surface area contributed by atoms with Gasteiger partial charge in [0.25, 0.3) is 0 Å². The number of ether oxygens (including phenoxy) is 2. The van der Waals surface area contributed by atoms with E-state index in [1.807, 2.05) is 0 Å². The lowest BCUT2D eigenvalue weighted by molar-refractivity contribution is -0.178. The highest BCUT2D eigenvalue weighted by molar-refractivity contribution is 4.93. The zero-order chi connectivity index (χ0) is 14.1. The molecule has 20 heavy (non-hydrogen) atoms. The molecule has 1 aliphatic heterocycles. The Kier molecular flexibility index (Phi) is 4.65. The average Bonchev–Trinajstić information content (AvgIpc) is 2.46. The molecule has 5 unspecified atom stereocenters. The molecule has 116 valence electrons. The molecule has 3 rings (SSSR count). The van der Waals surface area contributed by atoms with E-state index in [0.29, 0.717) is 17.9 Å². The second-order valence-electron chi connectivity index (χ2n) is 6.92. The van der Waals surface area contributed by atoms with Gasteiger partial charge in [0.05, 0.1) is 30.5 Å². The molecule has 0 spiro atoms. The molecule has 4 heteroatoms. The Morgan fingerprint density at radius 3 is 2.30 bits per heavy atom. The summed E-state index contributed by atoms with van der Waals surface area (Å²) in [5, 5.41) is 19.6. The van der Waals surface area contributed by atoms with Crippen LogP contribution < -0.4 is 0 Å². The Labute approximate surface area is 121 Å². The lowest BCUT2D eigenvalue weighted by Crippen LogP contribution is -2.50. The van der Waals surface area contributed by atoms with E-state index < -0.39 is 0 Å².